The maximum absolute atomic E-state index is 12.0. The van der Waals surface area contributed by atoms with Crippen LogP contribution in [0.4, 0.5) is 0 Å². The first-order valence-corrected chi connectivity index (χ1v) is 6.67. The van der Waals surface area contributed by atoms with Crippen molar-refractivity contribution in [1.82, 2.24) is 0 Å². The van der Waals surface area contributed by atoms with E-state index in [-0.39, 0.29) is 17.8 Å². The lowest BCUT2D eigenvalue weighted by atomic mass is 9.80. The van der Waals surface area contributed by atoms with E-state index in [9.17, 15) is 4.79 Å². The second-order valence-electron chi connectivity index (χ2n) is 5.37. The third kappa shape index (κ3) is 2.95. The fourth-order valence-electron chi connectivity index (χ4n) is 2.86. The van der Waals surface area contributed by atoms with Crippen molar-refractivity contribution in [1.29, 1.82) is 0 Å². The summed E-state index contributed by atoms with van der Waals surface area (Å²) in [5, 5.41) is 0. The standard InChI is InChI=1S/C15H21N3O/c1-9-8-13(14(19)18-15(16)17)10(2)7-12(9)11-5-3-4-6-11/h3,5,7,11,13H,4,6,8H2,1-2H3,(H4,16,17,18,19). The van der Waals surface area contributed by atoms with E-state index in [4.69, 9.17) is 11.5 Å². The molecule has 2 unspecified atom stereocenters. The number of aliphatic imine (C=N–C) groups is 1. The Labute approximate surface area is 114 Å². The number of hydrogen-bond acceptors (Lipinski definition) is 1. The normalized spacial score (nSPS) is 26.3. The molecule has 102 valence electrons. The van der Waals surface area contributed by atoms with Crippen molar-refractivity contribution in [3.63, 3.8) is 0 Å². The van der Waals surface area contributed by atoms with Crippen molar-refractivity contribution in [2.75, 3.05) is 0 Å². The highest BCUT2D eigenvalue weighted by Gasteiger charge is 2.27. The Kier molecular flexibility index (Phi) is 3.88. The smallest absolute Gasteiger partial charge is 0.256 e. The highest BCUT2D eigenvalue weighted by atomic mass is 16.1. The van der Waals surface area contributed by atoms with Gasteiger partial charge in [-0.2, -0.15) is 4.99 Å². The van der Waals surface area contributed by atoms with Crippen molar-refractivity contribution in [2.45, 2.75) is 33.1 Å². The molecule has 0 spiro atoms. The quantitative estimate of drug-likeness (QED) is 0.452. The van der Waals surface area contributed by atoms with E-state index in [1.54, 1.807) is 0 Å². The lowest BCUT2D eigenvalue weighted by Crippen LogP contribution is -2.27. The zero-order valence-corrected chi connectivity index (χ0v) is 11.5. The summed E-state index contributed by atoms with van der Waals surface area (Å²) in [6.07, 6.45) is 9.67. The van der Waals surface area contributed by atoms with Crippen molar-refractivity contribution in [3.05, 3.63) is 34.9 Å². The van der Waals surface area contributed by atoms with Gasteiger partial charge in [0.05, 0.1) is 5.92 Å². The van der Waals surface area contributed by atoms with Crippen molar-refractivity contribution >= 4 is 11.9 Å². The number of carbonyl (C=O) groups excluding carboxylic acids is 1. The molecule has 0 aliphatic heterocycles. The molecule has 2 rings (SSSR count). The Morgan fingerprint density at radius 1 is 1.37 bits per heavy atom. The predicted octanol–water partition coefficient (Wildman–Crippen LogP) is 2.04. The number of hydrogen-bond donors (Lipinski definition) is 2. The molecule has 4 nitrogen and oxygen atoms in total. The summed E-state index contributed by atoms with van der Waals surface area (Å²) in [4.78, 5) is 15.6. The van der Waals surface area contributed by atoms with Gasteiger partial charge in [-0.1, -0.05) is 29.4 Å². The lowest BCUT2D eigenvalue weighted by Gasteiger charge is -2.25. The molecule has 0 saturated heterocycles. The molecule has 0 aromatic rings. The fourth-order valence-corrected chi connectivity index (χ4v) is 2.86. The van der Waals surface area contributed by atoms with Gasteiger partial charge < -0.3 is 11.5 Å². The third-order valence-electron chi connectivity index (χ3n) is 3.89. The monoisotopic (exact) mass is 259 g/mol. The minimum atomic E-state index is -0.242. The number of rotatable bonds is 2. The van der Waals surface area contributed by atoms with Crippen LogP contribution in [0.1, 0.15) is 33.1 Å². The second kappa shape index (κ2) is 5.43. The molecule has 2 aliphatic rings. The van der Waals surface area contributed by atoms with Crippen LogP contribution in [-0.4, -0.2) is 11.9 Å². The molecule has 0 aromatic heterocycles. The molecular weight excluding hydrogens is 238 g/mol. The first kappa shape index (κ1) is 13.6. The molecule has 0 saturated carbocycles. The topological polar surface area (TPSA) is 81.5 Å². The number of guanidine groups is 1. The summed E-state index contributed by atoms with van der Waals surface area (Å²) < 4.78 is 0. The zero-order chi connectivity index (χ0) is 14.0. The van der Waals surface area contributed by atoms with E-state index >= 15 is 0 Å². The molecule has 0 bridgehead atoms. The predicted molar refractivity (Wildman–Crippen MR) is 77.2 cm³/mol. The average Bonchev–Trinajstić information content (AvgIpc) is 2.84. The minimum absolute atomic E-state index is 0.163. The summed E-state index contributed by atoms with van der Waals surface area (Å²) in [6, 6.07) is 0. The molecule has 0 radical (unpaired) electrons. The number of allylic oxidation sites excluding steroid dienone is 5. The molecule has 4 heteroatoms. The van der Waals surface area contributed by atoms with E-state index < -0.39 is 0 Å². The van der Waals surface area contributed by atoms with Crippen molar-refractivity contribution in [3.8, 4) is 0 Å². The van der Waals surface area contributed by atoms with Crippen LogP contribution in [0.5, 0.6) is 0 Å². The van der Waals surface area contributed by atoms with E-state index in [0.717, 1.165) is 18.4 Å². The first-order valence-electron chi connectivity index (χ1n) is 6.67. The molecule has 1 amide bonds. The van der Waals surface area contributed by atoms with Gasteiger partial charge in [0.1, 0.15) is 0 Å². The molecule has 0 heterocycles. The van der Waals surface area contributed by atoms with Gasteiger partial charge in [-0.15, -0.1) is 0 Å². The van der Waals surface area contributed by atoms with Crippen LogP contribution in [0.25, 0.3) is 0 Å². The Morgan fingerprint density at radius 3 is 2.68 bits per heavy atom. The molecule has 0 fully saturated rings. The Hall–Kier alpha value is -1.84. The molecule has 2 atom stereocenters. The zero-order valence-electron chi connectivity index (χ0n) is 11.5. The number of nitrogens with zero attached hydrogens (tertiary/aromatic N) is 1. The van der Waals surface area contributed by atoms with Crippen LogP contribution in [-0.2, 0) is 4.79 Å². The molecule has 2 aliphatic carbocycles. The lowest BCUT2D eigenvalue weighted by molar-refractivity contribution is -0.120. The van der Waals surface area contributed by atoms with Crippen molar-refractivity contribution < 1.29 is 4.79 Å². The van der Waals surface area contributed by atoms with Gasteiger partial charge in [-0.25, -0.2) is 0 Å². The number of carbonyl (C=O) groups is 1. The molecule has 19 heavy (non-hydrogen) atoms. The van der Waals surface area contributed by atoms with E-state index in [1.807, 2.05) is 6.92 Å². The van der Waals surface area contributed by atoms with Crippen LogP contribution < -0.4 is 11.5 Å². The van der Waals surface area contributed by atoms with Gasteiger partial charge in [0, 0.05) is 5.92 Å². The molecular formula is C15H21N3O. The van der Waals surface area contributed by atoms with Gasteiger partial charge in [0.25, 0.3) is 5.91 Å². The second-order valence-corrected chi connectivity index (χ2v) is 5.37. The highest BCUT2D eigenvalue weighted by Crippen LogP contribution is 2.36. The minimum Gasteiger partial charge on any atom is -0.370 e. The average molecular weight is 259 g/mol. The van der Waals surface area contributed by atoms with Crippen molar-refractivity contribution in [2.24, 2.45) is 28.3 Å². The van der Waals surface area contributed by atoms with Gasteiger partial charge in [-0.05, 0) is 38.7 Å². The maximum Gasteiger partial charge on any atom is 0.256 e. The largest absolute Gasteiger partial charge is 0.370 e. The SMILES string of the molecule is CC1=CC(C2C=CCC2)=C(C)CC1C(=O)N=C(N)N. The summed E-state index contributed by atoms with van der Waals surface area (Å²) in [5.41, 5.74) is 14.2. The van der Waals surface area contributed by atoms with E-state index in [2.05, 4.69) is 30.1 Å². The summed E-state index contributed by atoms with van der Waals surface area (Å²) in [7, 11) is 0. The van der Waals surface area contributed by atoms with Crippen LogP contribution in [0, 0.1) is 11.8 Å². The summed E-state index contributed by atoms with van der Waals surface area (Å²) in [5.74, 6) is -0.108. The first-order chi connectivity index (χ1) is 8.99. The Bertz CT molecular complexity index is 507. The highest BCUT2D eigenvalue weighted by molar-refractivity contribution is 5.94. The van der Waals surface area contributed by atoms with E-state index in [0.29, 0.717) is 5.92 Å². The number of amides is 1. The number of nitrogens with two attached hydrogens (primary N) is 2. The van der Waals surface area contributed by atoms with E-state index in [1.165, 1.54) is 17.6 Å². The summed E-state index contributed by atoms with van der Waals surface area (Å²) >= 11 is 0. The summed E-state index contributed by atoms with van der Waals surface area (Å²) in [6.45, 7) is 4.08. The molecule has 0 aromatic carbocycles. The van der Waals surface area contributed by atoms with Gasteiger partial charge in [-0.3, -0.25) is 4.79 Å². The third-order valence-corrected chi connectivity index (χ3v) is 3.89. The Morgan fingerprint density at radius 2 is 2.11 bits per heavy atom. The van der Waals surface area contributed by atoms with Crippen LogP contribution >= 0.6 is 0 Å². The van der Waals surface area contributed by atoms with Crippen LogP contribution in [0.15, 0.2) is 39.9 Å². The van der Waals surface area contributed by atoms with Crippen LogP contribution in [0.3, 0.4) is 0 Å². The van der Waals surface area contributed by atoms with Gasteiger partial charge in [0.2, 0.25) is 0 Å². The van der Waals surface area contributed by atoms with Gasteiger partial charge in [0.15, 0.2) is 5.96 Å². The molecule has 4 N–H and O–H groups in total. The fraction of sp³-hybridized carbons (Fsp3) is 0.467. The Balaban J connectivity index is 2.20. The van der Waals surface area contributed by atoms with Crippen LogP contribution in [0.2, 0.25) is 0 Å². The maximum atomic E-state index is 12.0. The van der Waals surface area contributed by atoms with Gasteiger partial charge >= 0.3 is 0 Å².